The molecule has 0 bridgehead atoms. The first-order valence-electron chi connectivity index (χ1n) is 3.83. The quantitative estimate of drug-likeness (QED) is 0.768. The molecule has 1 heterocycles. The molecule has 0 amide bonds. The van der Waals surface area contributed by atoms with Crippen LogP contribution in [0, 0.1) is 5.82 Å². The molecule has 0 spiro atoms. The van der Waals surface area contributed by atoms with E-state index in [4.69, 9.17) is 11.6 Å². The van der Waals surface area contributed by atoms with Crippen LogP contribution >= 0.6 is 11.6 Å². The van der Waals surface area contributed by atoms with Crippen LogP contribution in [-0.2, 0) is 0 Å². The van der Waals surface area contributed by atoms with Gasteiger partial charge in [0.2, 0.25) is 0 Å². The van der Waals surface area contributed by atoms with Crippen LogP contribution in [0.25, 0.3) is 0 Å². The van der Waals surface area contributed by atoms with E-state index in [9.17, 15) is 4.39 Å². The van der Waals surface area contributed by atoms with E-state index in [0.717, 1.165) is 12.8 Å². The lowest BCUT2D eigenvalue weighted by atomic mass is 10.4. The predicted octanol–water partition coefficient (Wildman–Crippen LogP) is 2.45. The average Bonchev–Trinajstić information content (AvgIpc) is 2.79. The van der Waals surface area contributed by atoms with Crippen LogP contribution in [0.1, 0.15) is 12.8 Å². The topological polar surface area (TPSA) is 24.9 Å². The van der Waals surface area contributed by atoms with Crippen molar-refractivity contribution in [3.63, 3.8) is 0 Å². The molecule has 0 radical (unpaired) electrons. The summed E-state index contributed by atoms with van der Waals surface area (Å²) in [5.41, 5.74) is 0. The molecule has 0 unspecified atom stereocenters. The lowest BCUT2D eigenvalue weighted by molar-refractivity contribution is 0.624. The first-order valence-corrected chi connectivity index (χ1v) is 4.21. The Balaban J connectivity index is 2.18. The van der Waals surface area contributed by atoms with Crippen molar-refractivity contribution in [1.29, 1.82) is 0 Å². The van der Waals surface area contributed by atoms with E-state index in [1.807, 2.05) is 0 Å². The first-order chi connectivity index (χ1) is 5.75. The highest BCUT2D eigenvalue weighted by Crippen LogP contribution is 2.25. The van der Waals surface area contributed by atoms with Gasteiger partial charge in [0.15, 0.2) is 11.6 Å². The highest BCUT2D eigenvalue weighted by Gasteiger charge is 2.22. The molecular weight excluding hydrogens is 179 g/mol. The summed E-state index contributed by atoms with van der Waals surface area (Å²) < 4.78 is 13.0. The molecule has 1 saturated carbocycles. The fourth-order valence-corrected chi connectivity index (χ4v) is 1.09. The number of anilines is 1. The van der Waals surface area contributed by atoms with Crippen LogP contribution < -0.4 is 5.32 Å². The second kappa shape index (κ2) is 2.90. The van der Waals surface area contributed by atoms with Gasteiger partial charge in [-0.25, -0.2) is 9.37 Å². The SMILES string of the molecule is Fc1cc(Cl)cnc1NC1CC1. The minimum Gasteiger partial charge on any atom is -0.365 e. The molecule has 0 aromatic carbocycles. The maximum absolute atomic E-state index is 13.0. The Labute approximate surface area is 74.8 Å². The lowest BCUT2D eigenvalue weighted by Gasteiger charge is -2.03. The van der Waals surface area contributed by atoms with Crippen molar-refractivity contribution in [3.8, 4) is 0 Å². The molecule has 0 saturated heterocycles. The minimum absolute atomic E-state index is 0.307. The van der Waals surface area contributed by atoms with Crippen LogP contribution in [0.2, 0.25) is 5.02 Å². The summed E-state index contributed by atoms with van der Waals surface area (Å²) in [5.74, 6) is -0.0729. The molecule has 1 aromatic heterocycles. The van der Waals surface area contributed by atoms with Gasteiger partial charge in [0.1, 0.15) is 0 Å². The van der Waals surface area contributed by atoms with Gasteiger partial charge in [0.25, 0.3) is 0 Å². The number of aromatic nitrogens is 1. The van der Waals surface area contributed by atoms with E-state index >= 15 is 0 Å². The number of nitrogens with zero attached hydrogens (tertiary/aromatic N) is 1. The van der Waals surface area contributed by atoms with Crippen LogP contribution in [0.15, 0.2) is 12.3 Å². The molecule has 1 N–H and O–H groups in total. The highest BCUT2D eigenvalue weighted by molar-refractivity contribution is 6.30. The summed E-state index contributed by atoms with van der Waals surface area (Å²) in [6.45, 7) is 0. The van der Waals surface area contributed by atoms with Crippen LogP contribution in [0.5, 0.6) is 0 Å². The molecule has 2 nitrogen and oxygen atoms in total. The van der Waals surface area contributed by atoms with Gasteiger partial charge in [0.05, 0.1) is 5.02 Å². The zero-order chi connectivity index (χ0) is 8.55. The monoisotopic (exact) mass is 186 g/mol. The second-order valence-electron chi connectivity index (χ2n) is 2.90. The summed E-state index contributed by atoms with van der Waals surface area (Å²) in [4.78, 5) is 3.84. The van der Waals surface area contributed by atoms with E-state index < -0.39 is 0 Å². The van der Waals surface area contributed by atoms with Crippen molar-refractivity contribution in [3.05, 3.63) is 23.1 Å². The number of pyridine rings is 1. The first kappa shape index (κ1) is 7.80. The van der Waals surface area contributed by atoms with E-state index in [1.54, 1.807) is 0 Å². The minimum atomic E-state index is -0.380. The second-order valence-corrected chi connectivity index (χ2v) is 3.34. The van der Waals surface area contributed by atoms with Gasteiger partial charge >= 0.3 is 0 Å². The van der Waals surface area contributed by atoms with Crippen LogP contribution in [-0.4, -0.2) is 11.0 Å². The normalized spacial score (nSPS) is 16.2. The molecular formula is C8H8ClFN2. The largest absolute Gasteiger partial charge is 0.365 e. The zero-order valence-electron chi connectivity index (χ0n) is 6.35. The number of nitrogens with one attached hydrogen (secondary N) is 1. The fraction of sp³-hybridized carbons (Fsp3) is 0.375. The maximum Gasteiger partial charge on any atom is 0.166 e. The van der Waals surface area contributed by atoms with Gasteiger partial charge in [-0.15, -0.1) is 0 Å². The Morgan fingerprint density at radius 1 is 1.58 bits per heavy atom. The maximum atomic E-state index is 13.0. The number of rotatable bonds is 2. The van der Waals surface area contributed by atoms with Crippen molar-refractivity contribution in [2.45, 2.75) is 18.9 Å². The smallest absolute Gasteiger partial charge is 0.166 e. The van der Waals surface area contributed by atoms with E-state index in [-0.39, 0.29) is 5.82 Å². The Hall–Kier alpha value is -0.830. The molecule has 0 atom stereocenters. The predicted molar refractivity (Wildman–Crippen MR) is 45.8 cm³/mol. The van der Waals surface area contributed by atoms with Gasteiger partial charge in [-0.1, -0.05) is 11.6 Å². The third kappa shape index (κ3) is 1.67. The molecule has 1 aromatic rings. The molecule has 1 aliphatic carbocycles. The van der Waals surface area contributed by atoms with E-state index in [0.29, 0.717) is 16.9 Å². The molecule has 1 fully saturated rings. The summed E-state index contributed by atoms with van der Waals surface area (Å²) in [5, 5.41) is 3.29. The summed E-state index contributed by atoms with van der Waals surface area (Å²) >= 11 is 5.54. The number of hydrogen-bond acceptors (Lipinski definition) is 2. The average molecular weight is 187 g/mol. The standard InChI is InChI=1S/C8H8ClFN2/c9-5-3-7(10)8(11-4-5)12-6-1-2-6/h3-4,6H,1-2H2,(H,11,12). The molecule has 12 heavy (non-hydrogen) atoms. The Morgan fingerprint density at radius 3 is 2.92 bits per heavy atom. The Kier molecular flexibility index (Phi) is 1.89. The van der Waals surface area contributed by atoms with Gasteiger partial charge in [0, 0.05) is 12.2 Å². The fourth-order valence-electron chi connectivity index (χ4n) is 0.942. The lowest BCUT2D eigenvalue weighted by Crippen LogP contribution is -2.04. The van der Waals surface area contributed by atoms with Crippen LogP contribution in [0.4, 0.5) is 10.2 Å². The summed E-state index contributed by atoms with van der Waals surface area (Å²) in [6, 6.07) is 1.67. The highest BCUT2D eigenvalue weighted by atomic mass is 35.5. The third-order valence-electron chi connectivity index (χ3n) is 1.73. The van der Waals surface area contributed by atoms with E-state index in [2.05, 4.69) is 10.3 Å². The summed E-state index contributed by atoms with van der Waals surface area (Å²) in [7, 11) is 0. The molecule has 4 heteroatoms. The molecule has 64 valence electrons. The molecule has 2 rings (SSSR count). The summed E-state index contributed by atoms with van der Waals surface area (Å²) in [6.07, 6.45) is 3.64. The van der Waals surface area contributed by atoms with Crippen molar-refractivity contribution in [1.82, 2.24) is 4.98 Å². The molecule has 1 aliphatic rings. The number of halogens is 2. The van der Waals surface area contributed by atoms with Crippen molar-refractivity contribution in [2.24, 2.45) is 0 Å². The Bertz CT molecular complexity index is 299. The third-order valence-corrected chi connectivity index (χ3v) is 1.93. The van der Waals surface area contributed by atoms with Crippen LogP contribution in [0.3, 0.4) is 0 Å². The van der Waals surface area contributed by atoms with Gasteiger partial charge in [-0.3, -0.25) is 0 Å². The van der Waals surface area contributed by atoms with Crippen molar-refractivity contribution < 1.29 is 4.39 Å². The van der Waals surface area contributed by atoms with E-state index in [1.165, 1.54) is 12.3 Å². The number of hydrogen-bond donors (Lipinski definition) is 1. The Morgan fingerprint density at radius 2 is 2.33 bits per heavy atom. The van der Waals surface area contributed by atoms with Gasteiger partial charge < -0.3 is 5.32 Å². The molecule has 0 aliphatic heterocycles. The van der Waals surface area contributed by atoms with Crippen molar-refractivity contribution >= 4 is 17.4 Å². The zero-order valence-corrected chi connectivity index (χ0v) is 7.11. The van der Waals surface area contributed by atoms with Gasteiger partial charge in [-0.05, 0) is 18.9 Å². The van der Waals surface area contributed by atoms with Gasteiger partial charge in [-0.2, -0.15) is 0 Å². The van der Waals surface area contributed by atoms with Crippen molar-refractivity contribution in [2.75, 3.05) is 5.32 Å².